The van der Waals surface area contributed by atoms with E-state index in [1.807, 2.05) is 30.3 Å². The highest BCUT2D eigenvalue weighted by Gasteiger charge is 2.03. The molecule has 0 spiro atoms. The van der Waals surface area contributed by atoms with Crippen LogP contribution in [0.2, 0.25) is 0 Å². The van der Waals surface area contributed by atoms with Crippen molar-refractivity contribution in [3.8, 4) is 17.5 Å². The number of para-hydroxylation sites is 1. The minimum atomic E-state index is -0.304. The molecule has 0 aliphatic heterocycles. The lowest BCUT2D eigenvalue weighted by molar-refractivity contribution is 0.247. The number of carbonyl (C=O) groups excluding carboxylic acids is 1. The van der Waals surface area contributed by atoms with Crippen molar-refractivity contribution in [2.24, 2.45) is 0 Å². The number of carbonyl (C=O) groups is 1. The molecular formula is C19H18N4O3. The van der Waals surface area contributed by atoms with Crippen LogP contribution >= 0.6 is 0 Å². The van der Waals surface area contributed by atoms with Gasteiger partial charge in [-0.3, -0.25) is 0 Å². The van der Waals surface area contributed by atoms with Crippen molar-refractivity contribution < 1.29 is 14.3 Å². The quantitative estimate of drug-likeness (QED) is 0.637. The molecule has 3 aromatic rings. The molecule has 26 heavy (non-hydrogen) atoms. The number of rotatable bonds is 7. The Morgan fingerprint density at radius 1 is 0.885 bits per heavy atom. The predicted octanol–water partition coefficient (Wildman–Crippen LogP) is 3.47. The van der Waals surface area contributed by atoms with Gasteiger partial charge in [-0.2, -0.15) is 0 Å². The number of hydrogen-bond acceptors (Lipinski definition) is 5. The highest BCUT2D eigenvalue weighted by molar-refractivity contribution is 5.89. The van der Waals surface area contributed by atoms with Crippen LogP contribution in [0.25, 0.3) is 0 Å². The molecule has 7 heteroatoms. The van der Waals surface area contributed by atoms with E-state index in [-0.39, 0.29) is 12.0 Å². The largest absolute Gasteiger partial charge is 0.492 e. The average molecular weight is 350 g/mol. The molecule has 2 aromatic carbocycles. The maximum Gasteiger partial charge on any atom is 0.321 e. The molecular weight excluding hydrogens is 332 g/mol. The summed E-state index contributed by atoms with van der Waals surface area (Å²) in [4.78, 5) is 19.8. The van der Waals surface area contributed by atoms with Gasteiger partial charge in [-0.1, -0.05) is 18.2 Å². The van der Waals surface area contributed by atoms with Crippen LogP contribution in [0.15, 0.2) is 73.1 Å². The molecule has 2 amide bonds. The zero-order valence-corrected chi connectivity index (χ0v) is 14.0. The summed E-state index contributed by atoms with van der Waals surface area (Å²) in [6.07, 6.45) is 3.20. The molecule has 1 heterocycles. The lowest BCUT2D eigenvalue weighted by atomic mass is 10.3. The maximum absolute atomic E-state index is 11.9. The van der Waals surface area contributed by atoms with Crippen molar-refractivity contribution in [3.05, 3.63) is 73.1 Å². The fourth-order valence-electron chi connectivity index (χ4n) is 2.08. The molecule has 3 rings (SSSR count). The van der Waals surface area contributed by atoms with Crippen molar-refractivity contribution >= 4 is 11.7 Å². The number of benzene rings is 2. The van der Waals surface area contributed by atoms with Crippen LogP contribution < -0.4 is 20.1 Å². The number of amides is 2. The second-order valence-corrected chi connectivity index (χ2v) is 5.20. The molecule has 0 fully saturated rings. The molecule has 1 aromatic heterocycles. The highest BCUT2D eigenvalue weighted by Crippen LogP contribution is 2.19. The van der Waals surface area contributed by atoms with Crippen molar-refractivity contribution in [2.75, 3.05) is 18.5 Å². The van der Waals surface area contributed by atoms with E-state index in [0.717, 1.165) is 5.75 Å². The molecule has 0 atom stereocenters. The highest BCUT2D eigenvalue weighted by atomic mass is 16.5. The van der Waals surface area contributed by atoms with Gasteiger partial charge >= 0.3 is 12.0 Å². The van der Waals surface area contributed by atoms with Gasteiger partial charge in [-0.05, 0) is 42.5 Å². The predicted molar refractivity (Wildman–Crippen MR) is 97.5 cm³/mol. The monoisotopic (exact) mass is 350 g/mol. The van der Waals surface area contributed by atoms with Crippen LogP contribution in [0.3, 0.4) is 0 Å². The number of ether oxygens (including phenoxy) is 2. The van der Waals surface area contributed by atoms with E-state index in [2.05, 4.69) is 20.6 Å². The number of nitrogens with zero attached hydrogens (tertiary/aromatic N) is 2. The smallest absolute Gasteiger partial charge is 0.321 e. The fourth-order valence-corrected chi connectivity index (χ4v) is 2.08. The molecule has 0 radical (unpaired) electrons. The number of anilines is 1. The van der Waals surface area contributed by atoms with Crippen molar-refractivity contribution in [1.82, 2.24) is 15.3 Å². The third-order valence-corrected chi connectivity index (χ3v) is 3.26. The molecule has 0 aliphatic rings. The third kappa shape index (κ3) is 5.48. The van der Waals surface area contributed by atoms with Crippen LogP contribution in [0.1, 0.15) is 0 Å². The Balaban J connectivity index is 1.40. The van der Waals surface area contributed by atoms with Gasteiger partial charge in [0.25, 0.3) is 0 Å². The molecule has 2 N–H and O–H groups in total. The van der Waals surface area contributed by atoms with Crippen molar-refractivity contribution in [1.29, 1.82) is 0 Å². The summed E-state index contributed by atoms with van der Waals surface area (Å²) in [7, 11) is 0. The Morgan fingerprint density at radius 3 is 2.35 bits per heavy atom. The molecule has 0 unspecified atom stereocenters. The summed E-state index contributed by atoms with van der Waals surface area (Å²) in [5.74, 6) is 1.35. The number of urea groups is 1. The van der Waals surface area contributed by atoms with E-state index in [4.69, 9.17) is 9.47 Å². The first-order chi connectivity index (χ1) is 12.8. The summed E-state index contributed by atoms with van der Waals surface area (Å²) in [5, 5.41) is 5.47. The van der Waals surface area contributed by atoms with Crippen LogP contribution in [-0.4, -0.2) is 29.2 Å². The third-order valence-electron chi connectivity index (χ3n) is 3.26. The van der Waals surface area contributed by atoms with Crippen LogP contribution in [0.4, 0.5) is 10.5 Å². The van der Waals surface area contributed by atoms with Gasteiger partial charge in [0, 0.05) is 18.1 Å². The normalized spacial score (nSPS) is 10.0. The summed E-state index contributed by atoms with van der Waals surface area (Å²) in [5.41, 5.74) is 0.646. The Bertz CT molecular complexity index is 811. The minimum absolute atomic E-state index is 0.268. The van der Waals surface area contributed by atoms with Gasteiger partial charge in [0.05, 0.1) is 6.54 Å². The zero-order chi connectivity index (χ0) is 18.0. The first-order valence-electron chi connectivity index (χ1n) is 8.07. The van der Waals surface area contributed by atoms with Crippen LogP contribution in [-0.2, 0) is 0 Å². The summed E-state index contributed by atoms with van der Waals surface area (Å²) in [6, 6.07) is 18.0. The first-order valence-corrected chi connectivity index (χ1v) is 8.07. The standard InChI is InChI=1S/C19H18N4O3/c24-18(20-13-14-25-16-5-2-1-3-6-16)23-15-7-9-17(10-8-15)26-19-21-11-4-12-22-19/h1-12H,13-14H2,(H2,20,23,24). The SMILES string of the molecule is O=C(NCCOc1ccccc1)Nc1ccc(Oc2ncccn2)cc1. The maximum atomic E-state index is 11.9. The van der Waals surface area contributed by atoms with E-state index < -0.39 is 0 Å². The topological polar surface area (TPSA) is 85.4 Å². The summed E-state index contributed by atoms with van der Waals surface area (Å²) in [6.45, 7) is 0.786. The van der Waals surface area contributed by atoms with Gasteiger partial charge < -0.3 is 20.1 Å². The Labute approximate surface area is 151 Å². The lowest BCUT2D eigenvalue weighted by Crippen LogP contribution is -2.32. The molecule has 0 aliphatic carbocycles. The van der Waals surface area contributed by atoms with E-state index in [9.17, 15) is 4.79 Å². The Kier molecular flexibility index (Phi) is 5.98. The van der Waals surface area contributed by atoms with Gasteiger partial charge in [0.15, 0.2) is 0 Å². The Morgan fingerprint density at radius 2 is 1.62 bits per heavy atom. The first kappa shape index (κ1) is 17.2. The van der Waals surface area contributed by atoms with Crippen molar-refractivity contribution in [3.63, 3.8) is 0 Å². The van der Waals surface area contributed by atoms with Crippen LogP contribution in [0, 0.1) is 0 Å². The second-order valence-electron chi connectivity index (χ2n) is 5.20. The van der Waals surface area contributed by atoms with E-state index in [1.165, 1.54) is 0 Å². The van der Waals surface area contributed by atoms with Gasteiger partial charge in [0.1, 0.15) is 18.1 Å². The Hall–Kier alpha value is -3.61. The average Bonchev–Trinajstić information content (AvgIpc) is 2.68. The molecule has 0 saturated carbocycles. The minimum Gasteiger partial charge on any atom is -0.492 e. The van der Waals surface area contributed by atoms with Gasteiger partial charge in [0.2, 0.25) is 0 Å². The zero-order valence-electron chi connectivity index (χ0n) is 14.0. The molecule has 0 bridgehead atoms. The second kappa shape index (κ2) is 9.03. The summed E-state index contributed by atoms with van der Waals surface area (Å²) >= 11 is 0. The lowest BCUT2D eigenvalue weighted by Gasteiger charge is -2.09. The molecule has 7 nitrogen and oxygen atoms in total. The van der Waals surface area contributed by atoms with Crippen LogP contribution in [0.5, 0.6) is 17.5 Å². The number of nitrogens with one attached hydrogen (secondary N) is 2. The fraction of sp³-hybridized carbons (Fsp3) is 0.105. The summed E-state index contributed by atoms with van der Waals surface area (Å²) < 4.78 is 11.0. The van der Waals surface area contributed by atoms with E-state index in [1.54, 1.807) is 42.7 Å². The van der Waals surface area contributed by atoms with Gasteiger partial charge in [-0.15, -0.1) is 0 Å². The molecule has 132 valence electrons. The van der Waals surface area contributed by atoms with Crippen molar-refractivity contribution in [2.45, 2.75) is 0 Å². The molecule has 0 saturated heterocycles. The van der Waals surface area contributed by atoms with E-state index in [0.29, 0.717) is 24.6 Å². The van der Waals surface area contributed by atoms with E-state index >= 15 is 0 Å². The van der Waals surface area contributed by atoms with Gasteiger partial charge in [-0.25, -0.2) is 14.8 Å². The number of hydrogen-bond donors (Lipinski definition) is 2. The number of aromatic nitrogens is 2.